The number of nitrogens with zero attached hydrogens (tertiary/aromatic N) is 2. The number of hydrogen-bond acceptors (Lipinski definition) is 4. The zero-order chi connectivity index (χ0) is 19.4. The maximum atomic E-state index is 12.7. The van der Waals surface area contributed by atoms with Gasteiger partial charge in [0, 0.05) is 12.6 Å². The van der Waals surface area contributed by atoms with E-state index >= 15 is 0 Å². The summed E-state index contributed by atoms with van der Waals surface area (Å²) >= 11 is 1.49. The van der Waals surface area contributed by atoms with Crippen molar-refractivity contribution in [2.75, 3.05) is 13.7 Å². The number of ether oxygens (including phenoxy) is 2. The SMILES string of the molecule is CCCCOc1cccc(C(=O)N=c2sc3c(C)ccc(OC)c3n2C)c1. The van der Waals surface area contributed by atoms with Gasteiger partial charge < -0.3 is 14.0 Å². The summed E-state index contributed by atoms with van der Waals surface area (Å²) in [6.07, 6.45) is 2.06. The topological polar surface area (TPSA) is 52.8 Å². The second-order valence-electron chi connectivity index (χ2n) is 6.35. The summed E-state index contributed by atoms with van der Waals surface area (Å²) in [7, 11) is 3.55. The van der Waals surface area contributed by atoms with E-state index in [1.165, 1.54) is 11.3 Å². The second-order valence-corrected chi connectivity index (χ2v) is 7.33. The van der Waals surface area contributed by atoms with Crippen LogP contribution in [0.15, 0.2) is 41.4 Å². The third-order valence-corrected chi connectivity index (χ3v) is 5.64. The van der Waals surface area contributed by atoms with Gasteiger partial charge in [-0.15, -0.1) is 0 Å². The predicted octanol–water partition coefficient (Wildman–Crippen LogP) is 4.48. The minimum Gasteiger partial charge on any atom is -0.495 e. The average molecular weight is 385 g/mol. The lowest BCUT2D eigenvalue weighted by Crippen LogP contribution is -2.13. The van der Waals surface area contributed by atoms with Crippen LogP contribution in [0, 0.1) is 6.92 Å². The maximum absolute atomic E-state index is 12.7. The van der Waals surface area contributed by atoms with E-state index in [0.29, 0.717) is 22.7 Å². The van der Waals surface area contributed by atoms with Crippen molar-refractivity contribution in [3.63, 3.8) is 0 Å². The molecule has 0 radical (unpaired) electrons. The predicted molar refractivity (Wildman–Crippen MR) is 109 cm³/mol. The Balaban J connectivity index is 1.97. The Morgan fingerprint density at radius 2 is 2.07 bits per heavy atom. The number of rotatable bonds is 6. The Hall–Kier alpha value is -2.60. The fourth-order valence-corrected chi connectivity index (χ4v) is 3.93. The Bertz CT molecular complexity index is 1030. The summed E-state index contributed by atoms with van der Waals surface area (Å²) in [5.74, 6) is 1.19. The number of amides is 1. The van der Waals surface area contributed by atoms with E-state index in [0.717, 1.165) is 34.4 Å². The molecular weight excluding hydrogens is 360 g/mol. The molecule has 0 aliphatic rings. The van der Waals surface area contributed by atoms with Gasteiger partial charge in [0.15, 0.2) is 4.80 Å². The number of hydrogen-bond donors (Lipinski definition) is 0. The first-order valence-electron chi connectivity index (χ1n) is 9.00. The van der Waals surface area contributed by atoms with E-state index < -0.39 is 0 Å². The molecule has 0 atom stereocenters. The summed E-state index contributed by atoms with van der Waals surface area (Å²) in [6, 6.07) is 11.1. The molecule has 0 saturated carbocycles. The lowest BCUT2D eigenvalue weighted by molar-refractivity contribution is 0.0997. The minimum absolute atomic E-state index is 0.283. The van der Waals surface area contributed by atoms with Gasteiger partial charge >= 0.3 is 0 Å². The Morgan fingerprint density at radius 1 is 1.26 bits per heavy atom. The lowest BCUT2D eigenvalue weighted by Gasteiger charge is -2.06. The van der Waals surface area contributed by atoms with Crippen molar-refractivity contribution >= 4 is 27.5 Å². The molecule has 27 heavy (non-hydrogen) atoms. The molecule has 142 valence electrons. The van der Waals surface area contributed by atoms with Gasteiger partial charge in [-0.25, -0.2) is 0 Å². The van der Waals surface area contributed by atoms with Gasteiger partial charge in [0.05, 0.1) is 18.4 Å². The molecule has 6 heteroatoms. The smallest absolute Gasteiger partial charge is 0.279 e. The first kappa shape index (κ1) is 19.2. The van der Waals surface area contributed by atoms with Crippen molar-refractivity contribution in [1.82, 2.24) is 4.57 Å². The van der Waals surface area contributed by atoms with E-state index in [-0.39, 0.29) is 5.91 Å². The zero-order valence-electron chi connectivity index (χ0n) is 16.1. The third kappa shape index (κ3) is 4.06. The van der Waals surface area contributed by atoms with Crippen molar-refractivity contribution in [3.8, 4) is 11.5 Å². The highest BCUT2D eigenvalue weighted by molar-refractivity contribution is 7.16. The molecule has 1 heterocycles. The molecule has 3 aromatic rings. The Morgan fingerprint density at radius 3 is 2.81 bits per heavy atom. The molecule has 0 spiro atoms. The number of methoxy groups -OCH3 is 1. The van der Waals surface area contributed by atoms with Gasteiger partial charge in [0.2, 0.25) is 0 Å². The highest BCUT2D eigenvalue weighted by Crippen LogP contribution is 2.29. The van der Waals surface area contributed by atoms with E-state index in [2.05, 4.69) is 11.9 Å². The summed E-state index contributed by atoms with van der Waals surface area (Å²) in [4.78, 5) is 17.7. The molecule has 0 bridgehead atoms. The third-order valence-electron chi connectivity index (χ3n) is 4.37. The molecular formula is C21H24N2O3S. The highest BCUT2D eigenvalue weighted by atomic mass is 32.1. The summed E-state index contributed by atoms with van der Waals surface area (Å²) < 4.78 is 14.1. The van der Waals surface area contributed by atoms with Crippen LogP contribution in [-0.4, -0.2) is 24.2 Å². The van der Waals surface area contributed by atoms with Crippen molar-refractivity contribution < 1.29 is 14.3 Å². The lowest BCUT2D eigenvalue weighted by atomic mass is 10.2. The van der Waals surface area contributed by atoms with Crippen molar-refractivity contribution in [3.05, 3.63) is 52.3 Å². The van der Waals surface area contributed by atoms with Gasteiger partial charge in [0.25, 0.3) is 5.91 Å². The van der Waals surface area contributed by atoms with Crippen LogP contribution in [-0.2, 0) is 7.05 Å². The van der Waals surface area contributed by atoms with Crippen molar-refractivity contribution in [2.24, 2.45) is 12.0 Å². The maximum Gasteiger partial charge on any atom is 0.279 e. The van der Waals surface area contributed by atoms with E-state index in [1.54, 1.807) is 19.2 Å². The van der Waals surface area contributed by atoms with Crippen LogP contribution < -0.4 is 14.3 Å². The van der Waals surface area contributed by atoms with Gasteiger partial charge in [-0.05, 0) is 43.2 Å². The Kier molecular flexibility index (Phi) is 5.96. The number of fused-ring (bicyclic) bond motifs is 1. The van der Waals surface area contributed by atoms with Crippen LogP contribution >= 0.6 is 11.3 Å². The summed E-state index contributed by atoms with van der Waals surface area (Å²) in [5, 5.41) is 0. The molecule has 1 amide bonds. The fraction of sp³-hybridized carbons (Fsp3) is 0.333. The number of carbonyl (C=O) groups excluding carboxylic acids is 1. The van der Waals surface area contributed by atoms with Crippen molar-refractivity contribution in [2.45, 2.75) is 26.7 Å². The molecule has 0 unspecified atom stereocenters. The van der Waals surface area contributed by atoms with E-state index in [9.17, 15) is 4.79 Å². The van der Waals surface area contributed by atoms with Crippen LogP contribution in [0.1, 0.15) is 35.7 Å². The first-order chi connectivity index (χ1) is 13.0. The molecule has 5 nitrogen and oxygen atoms in total. The van der Waals surface area contributed by atoms with Crippen LogP contribution in [0.5, 0.6) is 11.5 Å². The number of unbranched alkanes of at least 4 members (excludes halogenated alkanes) is 1. The average Bonchev–Trinajstić information content (AvgIpc) is 3.00. The number of carbonyl (C=O) groups is 1. The largest absolute Gasteiger partial charge is 0.495 e. The molecule has 0 aliphatic heterocycles. The van der Waals surface area contributed by atoms with Crippen LogP contribution in [0.2, 0.25) is 0 Å². The molecule has 0 fully saturated rings. The van der Waals surface area contributed by atoms with Crippen LogP contribution in [0.3, 0.4) is 0 Å². The van der Waals surface area contributed by atoms with Crippen LogP contribution in [0.25, 0.3) is 10.2 Å². The molecule has 1 aromatic heterocycles. The number of thiazole rings is 1. The quantitative estimate of drug-likeness (QED) is 0.589. The molecule has 2 aromatic carbocycles. The number of benzene rings is 2. The van der Waals surface area contributed by atoms with Gasteiger partial charge in [-0.1, -0.05) is 36.8 Å². The van der Waals surface area contributed by atoms with E-state index in [1.807, 2.05) is 42.8 Å². The molecule has 0 saturated heterocycles. The number of aryl methyl sites for hydroxylation is 2. The Labute approximate surface area is 162 Å². The first-order valence-corrected chi connectivity index (χ1v) is 9.81. The number of aromatic nitrogens is 1. The second kappa shape index (κ2) is 8.39. The monoisotopic (exact) mass is 384 g/mol. The molecule has 3 rings (SSSR count). The fourth-order valence-electron chi connectivity index (χ4n) is 2.82. The minimum atomic E-state index is -0.283. The van der Waals surface area contributed by atoms with Gasteiger partial charge in [0.1, 0.15) is 17.0 Å². The summed E-state index contributed by atoms with van der Waals surface area (Å²) in [5.41, 5.74) is 2.60. The molecule has 0 N–H and O–H groups in total. The van der Waals surface area contributed by atoms with E-state index in [4.69, 9.17) is 9.47 Å². The zero-order valence-corrected chi connectivity index (χ0v) is 16.9. The molecule has 0 aliphatic carbocycles. The van der Waals surface area contributed by atoms with Crippen molar-refractivity contribution in [1.29, 1.82) is 0 Å². The standard InChI is InChI=1S/C21H24N2O3S/c1-5-6-12-26-16-9-7-8-15(13-16)20(24)22-21-23(3)18-17(25-4)11-10-14(2)19(18)27-21/h7-11,13H,5-6,12H2,1-4H3. The van der Waals surface area contributed by atoms with Gasteiger partial charge in [-0.2, -0.15) is 4.99 Å². The normalized spacial score (nSPS) is 11.8. The highest BCUT2D eigenvalue weighted by Gasteiger charge is 2.13. The van der Waals surface area contributed by atoms with Crippen LogP contribution in [0.4, 0.5) is 0 Å². The summed E-state index contributed by atoms with van der Waals surface area (Å²) in [6.45, 7) is 4.81. The van der Waals surface area contributed by atoms with Gasteiger partial charge in [-0.3, -0.25) is 4.79 Å².